The highest BCUT2D eigenvalue weighted by Crippen LogP contribution is 2.01. The smallest absolute Gasteiger partial charge is 0.265 e. The van der Waals surface area contributed by atoms with Crippen LogP contribution in [0.1, 0.15) is 27.7 Å². The standard InChI is InChI=1S/C6H14N2O2.C2H6/c1-6(2,7)5(9)8(3)10-4;1-2/h7H2,1-4H3;1-2H3. The van der Waals surface area contributed by atoms with E-state index in [1.807, 2.05) is 13.8 Å². The molecule has 12 heavy (non-hydrogen) atoms. The second kappa shape index (κ2) is 5.97. The van der Waals surface area contributed by atoms with Crippen LogP contribution in [0, 0.1) is 0 Å². The number of likely N-dealkylation sites (N-methyl/N-ethyl adjacent to an activating group) is 1. The van der Waals surface area contributed by atoms with Gasteiger partial charge in [0.15, 0.2) is 0 Å². The van der Waals surface area contributed by atoms with Crippen LogP contribution in [0.5, 0.6) is 0 Å². The summed E-state index contributed by atoms with van der Waals surface area (Å²) in [7, 11) is 2.95. The molecule has 0 spiro atoms. The van der Waals surface area contributed by atoms with E-state index in [9.17, 15) is 4.79 Å². The van der Waals surface area contributed by atoms with Crippen LogP contribution in [-0.2, 0) is 9.63 Å². The Kier molecular flexibility index (Phi) is 6.94. The molecule has 0 atom stereocenters. The van der Waals surface area contributed by atoms with Gasteiger partial charge in [-0.3, -0.25) is 9.63 Å². The fourth-order valence-electron chi connectivity index (χ4n) is 0.489. The van der Waals surface area contributed by atoms with E-state index in [1.54, 1.807) is 13.8 Å². The number of carbonyl (C=O) groups excluding carboxylic acids is 1. The summed E-state index contributed by atoms with van der Waals surface area (Å²) in [5, 5.41) is 1.11. The van der Waals surface area contributed by atoms with E-state index in [-0.39, 0.29) is 5.91 Å². The third-order valence-electron chi connectivity index (χ3n) is 1.11. The summed E-state index contributed by atoms with van der Waals surface area (Å²) < 4.78 is 0. The molecule has 0 heterocycles. The number of hydroxylamine groups is 2. The molecule has 0 bridgehead atoms. The Hall–Kier alpha value is -0.610. The first-order valence-corrected chi connectivity index (χ1v) is 4.00. The van der Waals surface area contributed by atoms with Gasteiger partial charge >= 0.3 is 0 Å². The fourth-order valence-corrected chi connectivity index (χ4v) is 0.489. The molecular formula is C8H20N2O2. The van der Waals surface area contributed by atoms with Gasteiger partial charge in [-0.2, -0.15) is 0 Å². The van der Waals surface area contributed by atoms with Crippen LogP contribution in [-0.4, -0.2) is 30.7 Å². The van der Waals surface area contributed by atoms with Gasteiger partial charge in [-0.05, 0) is 13.8 Å². The Labute approximate surface area is 74.6 Å². The van der Waals surface area contributed by atoms with E-state index in [1.165, 1.54) is 14.2 Å². The van der Waals surface area contributed by atoms with Crippen LogP contribution < -0.4 is 5.73 Å². The van der Waals surface area contributed by atoms with Crippen LogP contribution in [0.4, 0.5) is 0 Å². The highest BCUT2D eigenvalue weighted by molar-refractivity contribution is 5.84. The molecule has 0 saturated heterocycles. The van der Waals surface area contributed by atoms with Gasteiger partial charge < -0.3 is 5.73 Å². The summed E-state index contributed by atoms with van der Waals surface area (Å²) >= 11 is 0. The van der Waals surface area contributed by atoms with Gasteiger partial charge in [0.05, 0.1) is 12.6 Å². The number of hydrogen-bond acceptors (Lipinski definition) is 3. The highest BCUT2D eigenvalue weighted by atomic mass is 16.7. The zero-order chi connectivity index (χ0) is 10.4. The maximum atomic E-state index is 11.1. The zero-order valence-corrected chi connectivity index (χ0v) is 8.84. The van der Waals surface area contributed by atoms with Crippen molar-refractivity contribution >= 4 is 5.91 Å². The van der Waals surface area contributed by atoms with Gasteiger partial charge in [-0.1, -0.05) is 13.8 Å². The summed E-state index contributed by atoms with van der Waals surface area (Å²) in [6.45, 7) is 7.26. The Balaban J connectivity index is 0. The third-order valence-corrected chi connectivity index (χ3v) is 1.11. The Morgan fingerprint density at radius 1 is 1.42 bits per heavy atom. The van der Waals surface area contributed by atoms with Gasteiger partial charge in [0.2, 0.25) is 0 Å². The van der Waals surface area contributed by atoms with Gasteiger partial charge in [-0.25, -0.2) is 5.06 Å². The predicted molar refractivity (Wildman–Crippen MR) is 49.4 cm³/mol. The van der Waals surface area contributed by atoms with Crippen molar-refractivity contribution in [2.75, 3.05) is 14.2 Å². The molecule has 0 aliphatic carbocycles. The normalized spacial score (nSPS) is 9.92. The molecule has 0 aromatic rings. The van der Waals surface area contributed by atoms with Gasteiger partial charge in [-0.15, -0.1) is 0 Å². The quantitative estimate of drug-likeness (QED) is 0.632. The molecule has 0 unspecified atom stereocenters. The Bertz CT molecular complexity index is 130. The first-order valence-electron chi connectivity index (χ1n) is 4.00. The molecule has 0 aliphatic heterocycles. The lowest BCUT2D eigenvalue weighted by Crippen LogP contribution is -2.49. The zero-order valence-electron chi connectivity index (χ0n) is 8.84. The minimum absolute atomic E-state index is 0.241. The lowest BCUT2D eigenvalue weighted by Gasteiger charge is -2.23. The van der Waals surface area contributed by atoms with Crippen LogP contribution >= 0.6 is 0 Å². The second-order valence-corrected chi connectivity index (χ2v) is 2.71. The van der Waals surface area contributed by atoms with Crippen LogP contribution in [0.2, 0.25) is 0 Å². The summed E-state index contributed by atoms with van der Waals surface area (Å²) in [6, 6.07) is 0. The summed E-state index contributed by atoms with van der Waals surface area (Å²) in [5.41, 5.74) is 4.63. The minimum atomic E-state index is -0.856. The third kappa shape index (κ3) is 5.09. The molecule has 0 radical (unpaired) electrons. The monoisotopic (exact) mass is 176 g/mol. The average molecular weight is 176 g/mol. The first kappa shape index (κ1) is 13.9. The topological polar surface area (TPSA) is 55.6 Å². The molecular weight excluding hydrogens is 156 g/mol. The highest BCUT2D eigenvalue weighted by Gasteiger charge is 2.25. The molecule has 0 saturated carbocycles. The number of carbonyl (C=O) groups is 1. The van der Waals surface area contributed by atoms with Crippen LogP contribution in [0.15, 0.2) is 0 Å². The molecule has 0 fully saturated rings. The van der Waals surface area contributed by atoms with E-state index >= 15 is 0 Å². The summed E-state index contributed by atoms with van der Waals surface area (Å²) in [4.78, 5) is 15.7. The van der Waals surface area contributed by atoms with Crippen molar-refractivity contribution < 1.29 is 9.63 Å². The Morgan fingerprint density at radius 3 is 1.83 bits per heavy atom. The molecule has 74 valence electrons. The lowest BCUT2D eigenvalue weighted by molar-refractivity contribution is -0.173. The van der Waals surface area contributed by atoms with Gasteiger partial charge in [0.25, 0.3) is 5.91 Å². The molecule has 0 aromatic carbocycles. The summed E-state index contributed by atoms with van der Waals surface area (Å²) in [6.07, 6.45) is 0. The molecule has 2 N–H and O–H groups in total. The van der Waals surface area contributed by atoms with Crippen molar-refractivity contribution in [1.29, 1.82) is 0 Å². The molecule has 0 aliphatic rings. The first-order chi connectivity index (χ1) is 5.39. The maximum absolute atomic E-state index is 11.1. The number of nitrogens with zero attached hydrogens (tertiary/aromatic N) is 1. The van der Waals surface area contributed by atoms with Crippen LogP contribution in [0.3, 0.4) is 0 Å². The molecule has 4 heteroatoms. The SMILES string of the molecule is CC.CON(C)C(=O)C(C)(C)N. The summed E-state index contributed by atoms with van der Waals surface area (Å²) in [5.74, 6) is -0.241. The van der Waals surface area contributed by atoms with Crippen LogP contribution in [0.25, 0.3) is 0 Å². The van der Waals surface area contributed by atoms with Crippen molar-refractivity contribution in [2.45, 2.75) is 33.2 Å². The molecule has 1 amide bonds. The van der Waals surface area contributed by atoms with Crippen molar-refractivity contribution in [3.05, 3.63) is 0 Å². The number of nitrogens with two attached hydrogens (primary N) is 1. The van der Waals surface area contributed by atoms with Crippen molar-refractivity contribution in [2.24, 2.45) is 5.73 Å². The predicted octanol–water partition coefficient (Wildman–Crippen LogP) is 0.770. The fraction of sp³-hybridized carbons (Fsp3) is 0.875. The minimum Gasteiger partial charge on any atom is -0.318 e. The van der Waals surface area contributed by atoms with E-state index < -0.39 is 5.54 Å². The number of hydrogen-bond donors (Lipinski definition) is 1. The second-order valence-electron chi connectivity index (χ2n) is 2.71. The van der Waals surface area contributed by atoms with E-state index in [0.717, 1.165) is 5.06 Å². The Morgan fingerprint density at radius 2 is 1.75 bits per heavy atom. The largest absolute Gasteiger partial charge is 0.318 e. The van der Waals surface area contributed by atoms with Gasteiger partial charge in [0.1, 0.15) is 0 Å². The van der Waals surface area contributed by atoms with Crippen molar-refractivity contribution in [3.63, 3.8) is 0 Å². The molecule has 0 rings (SSSR count). The van der Waals surface area contributed by atoms with E-state index in [2.05, 4.69) is 4.84 Å². The lowest BCUT2D eigenvalue weighted by atomic mass is 10.1. The van der Waals surface area contributed by atoms with Crippen molar-refractivity contribution in [3.8, 4) is 0 Å². The maximum Gasteiger partial charge on any atom is 0.265 e. The van der Waals surface area contributed by atoms with Gasteiger partial charge in [0, 0.05) is 7.05 Å². The van der Waals surface area contributed by atoms with E-state index in [0.29, 0.717) is 0 Å². The molecule has 4 nitrogen and oxygen atoms in total. The van der Waals surface area contributed by atoms with E-state index in [4.69, 9.17) is 5.73 Å². The number of rotatable bonds is 2. The number of amides is 1. The molecule has 0 aromatic heterocycles. The average Bonchev–Trinajstić information content (AvgIpc) is 2.04. The van der Waals surface area contributed by atoms with Crippen molar-refractivity contribution in [1.82, 2.24) is 5.06 Å².